The molecule has 6 heteroatoms. The van der Waals surface area contributed by atoms with E-state index in [4.69, 9.17) is 0 Å². The van der Waals surface area contributed by atoms with Crippen LogP contribution in [-0.2, 0) is 10.0 Å². The Labute approximate surface area is 140 Å². The van der Waals surface area contributed by atoms with Crippen LogP contribution in [-0.4, -0.2) is 38.8 Å². The van der Waals surface area contributed by atoms with Gasteiger partial charge in [0.15, 0.2) is 0 Å². The van der Waals surface area contributed by atoms with Crippen molar-refractivity contribution < 1.29 is 13.2 Å². The second-order valence-corrected chi connectivity index (χ2v) is 8.19. The molecular formula is C17H28N2O3S. The predicted molar refractivity (Wildman–Crippen MR) is 93.0 cm³/mol. The average molecular weight is 340 g/mol. The molecule has 0 aliphatic heterocycles. The van der Waals surface area contributed by atoms with E-state index in [-0.39, 0.29) is 16.8 Å². The zero-order valence-corrected chi connectivity index (χ0v) is 15.3. The lowest BCUT2D eigenvalue weighted by Crippen LogP contribution is -2.32. The van der Waals surface area contributed by atoms with E-state index >= 15 is 0 Å². The predicted octanol–water partition coefficient (Wildman–Crippen LogP) is 3.03. The summed E-state index contributed by atoms with van der Waals surface area (Å²) in [4.78, 5) is 12.4. The highest BCUT2D eigenvalue weighted by atomic mass is 32.2. The Bertz CT molecular complexity index is 595. The summed E-state index contributed by atoms with van der Waals surface area (Å²) >= 11 is 0. The summed E-state index contributed by atoms with van der Waals surface area (Å²) in [5, 5.41) is 2.96. The van der Waals surface area contributed by atoms with Gasteiger partial charge in [0.1, 0.15) is 0 Å². The van der Waals surface area contributed by atoms with Crippen molar-refractivity contribution in [2.45, 2.75) is 56.9 Å². The second-order valence-electron chi connectivity index (χ2n) is 6.04. The van der Waals surface area contributed by atoms with Crippen molar-refractivity contribution in [2.24, 2.45) is 0 Å². The van der Waals surface area contributed by atoms with E-state index in [0.29, 0.717) is 5.56 Å². The number of sulfonamides is 1. The minimum absolute atomic E-state index is 0.115. The Balaban J connectivity index is 2.61. The van der Waals surface area contributed by atoms with Crippen LogP contribution >= 0.6 is 0 Å². The molecule has 1 aromatic rings. The number of benzene rings is 1. The van der Waals surface area contributed by atoms with Crippen LogP contribution < -0.4 is 5.32 Å². The van der Waals surface area contributed by atoms with E-state index in [1.54, 1.807) is 12.1 Å². The highest BCUT2D eigenvalue weighted by Crippen LogP contribution is 2.14. The molecular weight excluding hydrogens is 312 g/mol. The summed E-state index contributed by atoms with van der Waals surface area (Å²) in [6, 6.07) is 6.15. The molecule has 5 nitrogen and oxygen atoms in total. The van der Waals surface area contributed by atoms with E-state index in [1.807, 2.05) is 6.92 Å². The van der Waals surface area contributed by atoms with Crippen molar-refractivity contribution in [3.05, 3.63) is 29.8 Å². The van der Waals surface area contributed by atoms with Crippen LogP contribution in [0.4, 0.5) is 0 Å². The van der Waals surface area contributed by atoms with E-state index < -0.39 is 10.0 Å². The topological polar surface area (TPSA) is 66.5 Å². The van der Waals surface area contributed by atoms with E-state index in [9.17, 15) is 13.2 Å². The Kier molecular flexibility index (Phi) is 7.72. The van der Waals surface area contributed by atoms with Gasteiger partial charge in [-0.2, -0.15) is 0 Å². The lowest BCUT2D eigenvalue weighted by atomic mass is 10.1. The average Bonchev–Trinajstić information content (AvgIpc) is 2.51. The summed E-state index contributed by atoms with van der Waals surface area (Å²) < 4.78 is 25.1. The summed E-state index contributed by atoms with van der Waals surface area (Å²) in [7, 11) is -0.494. The van der Waals surface area contributed by atoms with Crippen LogP contribution in [0, 0.1) is 0 Å². The molecule has 1 amide bonds. The Hall–Kier alpha value is -1.40. The molecule has 0 aliphatic carbocycles. The molecule has 0 bridgehead atoms. The van der Waals surface area contributed by atoms with Gasteiger partial charge in [-0.15, -0.1) is 0 Å². The zero-order valence-electron chi connectivity index (χ0n) is 14.5. The smallest absolute Gasteiger partial charge is 0.251 e. The van der Waals surface area contributed by atoms with Crippen molar-refractivity contribution in [2.75, 3.05) is 14.1 Å². The van der Waals surface area contributed by atoms with E-state index in [1.165, 1.54) is 45.5 Å². The summed E-state index contributed by atoms with van der Waals surface area (Å²) in [5.74, 6) is -0.165. The Morgan fingerprint density at radius 3 is 2.26 bits per heavy atom. The Morgan fingerprint density at radius 1 is 1.13 bits per heavy atom. The fraction of sp³-hybridized carbons (Fsp3) is 0.588. The van der Waals surface area contributed by atoms with Crippen LogP contribution in [0.25, 0.3) is 0 Å². The van der Waals surface area contributed by atoms with Gasteiger partial charge in [-0.25, -0.2) is 12.7 Å². The number of hydrogen-bond donors (Lipinski definition) is 1. The number of nitrogens with zero attached hydrogens (tertiary/aromatic N) is 1. The van der Waals surface area contributed by atoms with E-state index in [2.05, 4.69) is 12.2 Å². The lowest BCUT2D eigenvalue weighted by Gasteiger charge is -2.14. The second kappa shape index (κ2) is 9.03. The van der Waals surface area contributed by atoms with Gasteiger partial charge in [-0.3, -0.25) is 4.79 Å². The van der Waals surface area contributed by atoms with Crippen molar-refractivity contribution in [3.63, 3.8) is 0 Å². The first-order chi connectivity index (χ1) is 10.8. The number of nitrogens with one attached hydrogen (secondary N) is 1. The van der Waals surface area contributed by atoms with Crippen molar-refractivity contribution in [1.82, 2.24) is 9.62 Å². The lowest BCUT2D eigenvalue weighted by molar-refractivity contribution is 0.0938. The number of amides is 1. The van der Waals surface area contributed by atoms with Gasteiger partial charge >= 0.3 is 0 Å². The number of carbonyl (C=O) groups excluding carboxylic acids is 1. The fourth-order valence-electron chi connectivity index (χ4n) is 2.25. The third-order valence-electron chi connectivity index (χ3n) is 3.76. The van der Waals surface area contributed by atoms with Crippen molar-refractivity contribution >= 4 is 15.9 Å². The first-order valence-corrected chi connectivity index (χ1v) is 9.56. The van der Waals surface area contributed by atoms with Gasteiger partial charge in [-0.05, 0) is 37.6 Å². The number of hydrogen-bond acceptors (Lipinski definition) is 3. The highest BCUT2D eigenvalue weighted by Gasteiger charge is 2.17. The van der Waals surface area contributed by atoms with Crippen LogP contribution in [0.2, 0.25) is 0 Å². The zero-order chi connectivity index (χ0) is 17.5. The molecule has 130 valence electrons. The van der Waals surface area contributed by atoms with Crippen LogP contribution in [0.5, 0.6) is 0 Å². The van der Waals surface area contributed by atoms with Crippen LogP contribution in [0.3, 0.4) is 0 Å². The van der Waals surface area contributed by atoms with Gasteiger partial charge in [0.05, 0.1) is 4.90 Å². The molecule has 1 rings (SSSR count). The standard InChI is InChI=1S/C17H28N2O3S/c1-5-6-7-8-9-14(2)18-17(20)15-10-12-16(13-11-15)23(21,22)19(3)4/h10-14H,5-9H2,1-4H3,(H,18,20). The normalized spacial score (nSPS) is 13.1. The molecule has 0 saturated carbocycles. The molecule has 1 unspecified atom stereocenters. The van der Waals surface area contributed by atoms with Gasteiger partial charge in [0.25, 0.3) is 5.91 Å². The maximum atomic E-state index is 12.2. The monoisotopic (exact) mass is 340 g/mol. The molecule has 0 aromatic heterocycles. The highest BCUT2D eigenvalue weighted by molar-refractivity contribution is 7.89. The fourth-order valence-corrected chi connectivity index (χ4v) is 3.15. The van der Waals surface area contributed by atoms with Gasteiger partial charge in [-0.1, -0.05) is 32.6 Å². The SMILES string of the molecule is CCCCCCC(C)NC(=O)c1ccc(S(=O)(=O)N(C)C)cc1. The molecule has 0 heterocycles. The third kappa shape index (κ3) is 5.95. The molecule has 0 fully saturated rings. The molecule has 23 heavy (non-hydrogen) atoms. The third-order valence-corrected chi connectivity index (χ3v) is 5.59. The first kappa shape index (κ1) is 19.6. The van der Waals surface area contributed by atoms with Gasteiger partial charge < -0.3 is 5.32 Å². The van der Waals surface area contributed by atoms with Crippen molar-refractivity contribution in [3.8, 4) is 0 Å². The molecule has 0 aliphatic rings. The van der Waals surface area contributed by atoms with Gasteiger partial charge in [0.2, 0.25) is 10.0 Å². The van der Waals surface area contributed by atoms with E-state index in [0.717, 1.165) is 17.1 Å². The molecule has 0 saturated heterocycles. The van der Waals surface area contributed by atoms with Gasteiger partial charge in [0, 0.05) is 25.7 Å². The maximum Gasteiger partial charge on any atom is 0.251 e. The molecule has 1 atom stereocenters. The minimum Gasteiger partial charge on any atom is -0.350 e. The summed E-state index contributed by atoms with van der Waals surface area (Å²) in [5.41, 5.74) is 0.475. The van der Waals surface area contributed by atoms with Crippen molar-refractivity contribution in [1.29, 1.82) is 0 Å². The quantitative estimate of drug-likeness (QED) is 0.703. The molecule has 0 radical (unpaired) electrons. The largest absolute Gasteiger partial charge is 0.350 e. The molecule has 0 spiro atoms. The minimum atomic E-state index is -3.46. The molecule has 1 N–H and O–H groups in total. The van der Waals surface area contributed by atoms with Crippen LogP contribution in [0.15, 0.2) is 29.2 Å². The first-order valence-electron chi connectivity index (χ1n) is 8.12. The maximum absolute atomic E-state index is 12.2. The van der Waals surface area contributed by atoms with Crippen LogP contribution in [0.1, 0.15) is 56.3 Å². The Morgan fingerprint density at radius 2 is 1.74 bits per heavy atom. The number of unbranched alkanes of at least 4 members (excludes halogenated alkanes) is 3. The summed E-state index contributed by atoms with van der Waals surface area (Å²) in [6.45, 7) is 4.17. The summed E-state index contributed by atoms with van der Waals surface area (Å²) in [6.07, 6.45) is 5.67. The number of carbonyl (C=O) groups is 1. The number of rotatable bonds is 9. The molecule has 1 aromatic carbocycles.